The molecule has 2 rings (SSSR count). The Balaban J connectivity index is 2.58. The lowest BCUT2D eigenvalue weighted by Crippen LogP contribution is -2.15. The Morgan fingerprint density at radius 2 is 2.33 bits per heavy atom. The van der Waals surface area contributed by atoms with Gasteiger partial charge in [0, 0.05) is 12.6 Å². The van der Waals surface area contributed by atoms with E-state index in [1.54, 1.807) is 0 Å². The van der Waals surface area contributed by atoms with Crippen LogP contribution in [0.5, 0.6) is 0 Å². The molecule has 0 saturated heterocycles. The third-order valence-electron chi connectivity index (χ3n) is 2.08. The second-order valence-corrected chi connectivity index (χ2v) is 3.51. The van der Waals surface area contributed by atoms with Crippen LogP contribution in [0.3, 0.4) is 0 Å². The maximum absolute atomic E-state index is 5.78. The molecule has 0 bridgehead atoms. The van der Waals surface area contributed by atoms with E-state index < -0.39 is 0 Å². The highest BCUT2D eigenvalue weighted by Gasteiger charge is 2.13. The number of aromatic nitrogens is 1. The normalized spacial score (nSPS) is 15.8. The highest BCUT2D eigenvalue weighted by molar-refractivity contribution is 7.80. The molecular formula is C9H10N2S. The number of nitrogen functional groups attached to an aromatic ring is 1. The van der Waals surface area contributed by atoms with E-state index in [1.165, 1.54) is 5.57 Å². The molecule has 62 valence electrons. The maximum Gasteiger partial charge on any atom is 0.110 e. The summed E-state index contributed by atoms with van der Waals surface area (Å²) in [5.74, 6) is 0. The third-order valence-corrected chi connectivity index (χ3v) is 2.40. The largest absolute Gasteiger partial charge is 0.397 e. The SMILES string of the molecule is CC1=CC(=S)n2ccc(N)c2C1. The average molecular weight is 178 g/mol. The van der Waals surface area contributed by atoms with Crippen molar-refractivity contribution in [2.24, 2.45) is 0 Å². The van der Waals surface area contributed by atoms with Crippen LogP contribution in [-0.4, -0.2) is 9.56 Å². The fourth-order valence-electron chi connectivity index (χ4n) is 1.47. The van der Waals surface area contributed by atoms with Gasteiger partial charge < -0.3 is 10.3 Å². The van der Waals surface area contributed by atoms with Gasteiger partial charge in [0.25, 0.3) is 0 Å². The predicted octanol–water partition coefficient (Wildman–Crippen LogP) is 1.75. The van der Waals surface area contributed by atoms with Crippen LogP contribution in [0.25, 0.3) is 0 Å². The Labute approximate surface area is 76.7 Å². The highest BCUT2D eigenvalue weighted by atomic mass is 32.1. The monoisotopic (exact) mass is 178 g/mol. The van der Waals surface area contributed by atoms with Crippen molar-refractivity contribution in [3.05, 3.63) is 29.6 Å². The van der Waals surface area contributed by atoms with E-state index in [4.69, 9.17) is 18.0 Å². The molecule has 0 spiro atoms. The zero-order valence-corrected chi connectivity index (χ0v) is 7.69. The van der Waals surface area contributed by atoms with Crippen LogP contribution >= 0.6 is 12.2 Å². The Hall–Kier alpha value is -1.09. The summed E-state index contributed by atoms with van der Waals surface area (Å²) in [4.78, 5) is 0.838. The van der Waals surface area contributed by atoms with Crippen LogP contribution in [0.2, 0.25) is 0 Å². The molecule has 0 aliphatic carbocycles. The Kier molecular flexibility index (Phi) is 1.54. The highest BCUT2D eigenvalue weighted by Crippen LogP contribution is 2.21. The molecule has 1 aliphatic rings. The number of rotatable bonds is 0. The number of hydrogen-bond acceptors (Lipinski definition) is 2. The van der Waals surface area contributed by atoms with Crippen molar-refractivity contribution in [2.75, 3.05) is 5.73 Å². The number of nitrogens with zero attached hydrogens (tertiary/aromatic N) is 1. The van der Waals surface area contributed by atoms with Gasteiger partial charge in [0.05, 0.1) is 11.4 Å². The molecule has 0 atom stereocenters. The zero-order chi connectivity index (χ0) is 8.72. The summed E-state index contributed by atoms with van der Waals surface area (Å²) in [7, 11) is 0. The van der Waals surface area contributed by atoms with Gasteiger partial charge in [-0.1, -0.05) is 17.8 Å². The fourth-order valence-corrected chi connectivity index (χ4v) is 1.84. The lowest BCUT2D eigenvalue weighted by Gasteiger charge is -2.14. The van der Waals surface area contributed by atoms with Gasteiger partial charge in [-0.25, -0.2) is 0 Å². The van der Waals surface area contributed by atoms with E-state index in [-0.39, 0.29) is 0 Å². The molecule has 2 N–H and O–H groups in total. The lowest BCUT2D eigenvalue weighted by atomic mass is 10.1. The van der Waals surface area contributed by atoms with Crippen LogP contribution in [0.4, 0.5) is 5.69 Å². The zero-order valence-electron chi connectivity index (χ0n) is 6.87. The van der Waals surface area contributed by atoms with Gasteiger partial charge in [-0.2, -0.15) is 0 Å². The molecule has 0 radical (unpaired) electrons. The topological polar surface area (TPSA) is 30.9 Å². The van der Waals surface area contributed by atoms with Crippen LogP contribution < -0.4 is 5.73 Å². The number of anilines is 1. The van der Waals surface area contributed by atoms with E-state index in [1.807, 2.05) is 22.9 Å². The number of allylic oxidation sites excluding steroid dienone is 2. The van der Waals surface area contributed by atoms with Crippen molar-refractivity contribution in [1.82, 2.24) is 4.57 Å². The Morgan fingerprint density at radius 1 is 1.58 bits per heavy atom. The predicted molar refractivity (Wildman–Crippen MR) is 54.3 cm³/mol. The summed E-state index contributed by atoms with van der Waals surface area (Å²) in [6.45, 7) is 2.07. The van der Waals surface area contributed by atoms with Gasteiger partial charge >= 0.3 is 0 Å². The van der Waals surface area contributed by atoms with Crippen LogP contribution in [0.15, 0.2) is 23.9 Å². The summed E-state index contributed by atoms with van der Waals surface area (Å²) in [6.07, 6.45) is 4.86. The summed E-state index contributed by atoms with van der Waals surface area (Å²) < 4.78 is 1.97. The second-order valence-electron chi connectivity index (χ2n) is 3.09. The quantitative estimate of drug-likeness (QED) is 0.613. The lowest BCUT2D eigenvalue weighted by molar-refractivity contribution is 0.981. The minimum atomic E-state index is 0.838. The molecule has 0 unspecified atom stereocenters. The Morgan fingerprint density at radius 3 is 3.08 bits per heavy atom. The molecule has 12 heavy (non-hydrogen) atoms. The van der Waals surface area contributed by atoms with Crippen LogP contribution in [0, 0.1) is 0 Å². The molecule has 2 heterocycles. The first kappa shape index (κ1) is 7.55. The van der Waals surface area contributed by atoms with Crippen molar-refractivity contribution in [3.63, 3.8) is 0 Å². The number of nitrogens with two attached hydrogens (primary N) is 1. The second kappa shape index (κ2) is 2.45. The molecule has 0 amide bonds. The summed E-state index contributed by atoms with van der Waals surface area (Å²) in [6, 6.07) is 1.90. The van der Waals surface area contributed by atoms with Gasteiger partial charge in [-0.15, -0.1) is 0 Å². The molecule has 0 fully saturated rings. The number of thiocarbonyl (C=S) groups is 1. The number of fused-ring (bicyclic) bond motifs is 1. The number of hydrogen-bond donors (Lipinski definition) is 1. The minimum absolute atomic E-state index is 0.838. The first-order valence-corrected chi connectivity index (χ1v) is 4.26. The van der Waals surface area contributed by atoms with Gasteiger partial charge in [-0.05, 0) is 19.1 Å². The molecular weight excluding hydrogens is 168 g/mol. The van der Waals surface area contributed by atoms with Crippen LogP contribution in [0.1, 0.15) is 12.6 Å². The van der Waals surface area contributed by atoms with Crippen LogP contribution in [-0.2, 0) is 6.42 Å². The molecule has 1 aliphatic heterocycles. The molecule has 0 saturated carbocycles. The van der Waals surface area contributed by atoms with E-state index >= 15 is 0 Å². The first-order chi connectivity index (χ1) is 5.68. The third kappa shape index (κ3) is 0.975. The van der Waals surface area contributed by atoms with E-state index in [2.05, 4.69) is 6.92 Å². The van der Waals surface area contributed by atoms with Gasteiger partial charge in [0.2, 0.25) is 0 Å². The maximum atomic E-state index is 5.78. The Bertz CT molecular complexity index is 374. The van der Waals surface area contributed by atoms with E-state index in [9.17, 15) is 0 Å². The standard InChI is InChI=1S/C9H10N2S/c1-6-4-8-7(10)2-3-11(8)9(12)5-6/h2-3,5H,4,10H2,1H3. The summed E-state index contributed by atoms with van der Waals surface area (Å²) >= 11 is 5.18. The molecule has 1 aromatic rings. The van der Waals surface area contributed by atoms with Gasteiger partial charge in [0.1, 0.15) is 4.99 Å². The van der Waals surface area contributed by atoms with Crippen molar-refractivity contribution < 1.29 is 0 Å². The fraction of sp³-hybridized carbons (Fsp3) is 0.222. The smallest absolute Gasteiger partial charge is 0.110 e. The van der Waals surface area contributed by atoms with Gasteiger partial charge in [-0.3, -0.25) is 0 Å². The van der Waals surface area contributed by atoms with E-state index in [0.29, 0.717) is 0 Å². The molecule has 2 nitrogen and oxygen atoms in total. The first-order valence-electron chi connectivity index (χ1n) is 3.85. The summed E-state index contributed by atoms with van der Waals surface area (Å²) in [5, 5.41) is 0. The minimum Gasteiger partial charge on any atom is -0.397 e. The summed E-state index contributed by atoms with van der Waals surface area (Å²) in [5.41, 5.74) is 9.02. The van der Waals surface area contributed by atoms with E-state index in [0.717, 1.165) is 22.8 Å². The van der Waals surface area contributed by atoms with Crippen molar-refractivity contribution in [1.29, 1.82) is 0 Å². The molecule has 1 aromatic heterocycles. The van der Waals surface area contributed by atoms with Gasteiger partial charge in [0.15, 0.2) is 0 Å². The molecule has 3 heteroatoms. The van der Waals surface area contributed by atoms with Crippen molar-refractivity contribution in [2.45, 2.75) is 13.3 Å². The average Bonchev–Trinajstić information content (AvgIpc) is 2.33. The molecule has 0 aromatic carbocycles. The van der Waals surface area contributed by atoms with Crippen molar-refractivity contribution >= 4 is 22.9 Å². The van der Waals surface area contributed by atoms with Crippen molar-refractivity contribution in [3.8, 4) is 0 Å².